The number of nitrogens with zero attached hydrogens (tertiary/aromatic N) is 1. The summed E-state index contributed by atoms with van der Waals surface area (Å²) in [6, 6.07) is 4.07. The summed E-state index contributed by atoms with van der Waals surface area (Å²) in [6.45, 7) is 1.30. The molecule has 1 heterocycles. The topological polar surface area (TPSA) is 50.2 Å². The highest BCUT2D eigenvalue weighted by Crippen LogP contribution is 2.20. The molecule has 76 valence electrons. The van der Waals surface area contributed by atoms with Crippen molar-refractivity contribution in [3.63, 3.8) is 0 Å². The Labute approximate surface area is 79.4 Å². The van der Waals surface area contributed by atoms with Gasteiger partial charge in [-0.15, -0.1) is 0 Å². The van der Waals surface area contributed by atoms with Gasteiger partial charge in [-0.2, -0.15) is 0 Å². The zero-order valence-electron chi connectivity index (χ0n) is 7.45. The van der Waals surface area contributed by atoms with E-state index in [4.69, 9.17) is 5.11 Å². The van der Waals surface area contributed by atoms with Crippen molar-refractivity contribution in [2.45, 2.75) is 19.3 Å². The van der Waals surface area contributed by atoms with E-state index < -0.39 is 18.3 Å². The number of carboxylic acids is 1. The molecule has 0 saturated heterocycles. The number of halogens is 2. The third-order valence-electron chi connectivity index (χ3n) is 1.83. The smallest absolute Gasteiger partial charge is 0.354 e. The summed E-state index contributed by atoms with van der Waals surface area (Å²) in [6.07, 6.45) is -2.54. The van der Waals surface area contributed by atoms with E-state index in [0.717, 1.165) is 0 Å². The molecule has 0 bridgehead atoms. The Morgan fingerprint density at radius 3 is 2.64 bits per heavy atom. The maximum Gasteiger partial charge on any atom is 0.354 e. The third kappa shape index (κ3) is 2.25. The molecule has 1 atom stereocenters. The van der Waals surface area contributed by atoms with Crippen LogP contribution in [-0.4, -0.2) is 22.5 Å². The fraction of sp³-hybridized carbons (Fsp3) is 0.333. The quantitative estimate of drug-likeness (QED) is 0.815. The zero-order chi connectivity index (χ0) is 10.7. The van der Waals surface area contributed by atoms with Crippen LogP contribution in [0.25, 0.3) is 0 Å². The lowest BCUT2D eigenvalue weighted by atomic mass is 10.1. The molecule has 0 fully saturated rings. The normalized spacial score (nSPS) is 12.9. The zero-order valence-corrected chi connectivity index (χ0v) is 7.45. The maximum atomic E-state index is 12.3. The van der Waals surface area contributed by atoms with Gasteiger partial charge in [0, 0.05) is 5.69 Å². The predicted molar refractivity (Wildman–Crippen MR) is 45.6 cm³/mol. The molecule has 0 spiro atoms. The van der Waals surface area contributed by atoms with Gasteiger partial charge in [0.1, 0.15) is 5.69 Å². The van der Waals surface area contributed by atoms with Crippen molar-refractivity contribution in [2.24, 2.45) is 0 Å². The van der Waals surface area contributed by atoms with Gasteiger partial charge in [-0.3, -0.25) is 0 Å². The van der Waals surface area contributed by atoms with Crippen molar-refractivity contribution >= 4 is 5.97 Å². The van der Waals surface area contributed by atoms with E-state index in [1.165, 1.54) is 25.1 Å². The average Bonchev–Trinajstić information content (AvgIpc) is 2.16. The molecule has 14 heavy (non-hydrogen) atoms. The summed E-state index contributed by atoms with van der Waals surface area (Å²) in [5.41, 5.74) is -0.116. The molecule has 0 aliphatic heterocycles. The van der Waals surface area contributed by atoms with Gasteiger partial charge in [0.2, 0.25) is 6.43 Å². The van der Waals surface area contributed by atoms with Crippen LogP contribution in [-0.2, 0) is 0 Å². The Balaban J connectivity index is 2.99. The highest BCUT2D eigenvalue weighted by molar-refractivity contribution is 5.85. The van der Waals surface area contributed by atoms with Crippen molar-refractivity contribution in [2.75, 3.05) is 0 Å². The van der Waals surface area contributed by atoms with Crippen LogP contribution in [0.4, 0.5) is 8.78 Å². The van der Waals surface area contributed by atoms with Crippen LogP contribution < -0.4 is 0 Å². The Kier molecular flexibility index (Phi) is 3.11. The van der Waals surface area contributed by atoms with Gasteiger partial charge in [-0.25, -0.2) is 18.6 Å². The summed E-state index contributed by atoms with van der Waals surface area (Å²) in [5.74, 6) is -2.26. The number of alkyl halides is 2. The molecule has 0 aliphatic carbocycles. The van der Waals surface area contributed by atoms with E-state index in [1.54, 1.807) is 0 Å². The molecule has 0 radical (unpaired) electrons. The van der Waals surface area contributed by atoms with Gasteiger partial charge in [0.05, 0.1) is 5.92 Å². The summed E-state index contributed by atoms with van der Waals surface area (Å²) >= 11 is 0. The largest absolute Gasteiger partial charge is 0.477 e. The van der Waals surface area contributed by atoms with Crippen LogP contribution in [0.15, 0.2) is 18.2 Å². The first-order valence-corrected chi connectivity index (χ1v) is 4.00. The molecule has 0 aromatic carbocycles. The number of hydrogen-bond acceptors (Lipinski definition) is 2. The van der Waals surface area contributed by atoms with Crippen molar-refractivity contribution in [1.29, 1.82) is 0 Å². The van der Waals surface area contributed by atoms with Gasteiger partial charge >= 0.3 is 5.97 Å². The SMILES string of the molecule is CC(c1cccc(C(=O)O)n1)C(F)F. The highest BCUT2D eigenvalue weighted by Gasteiger charge is 2.19. The molecular weight excluding hydrogens is 192 g/mol. The summed E-state index contributed by atoms with van der Waals surface area (Å²) in [5, 5.41) is 8.58. The second-order valence-corrected chi connectivity index (χ2v) is 2.88. The number of carbonyl (C=O) groups is 1. The number of hydrogen-bond donors (Lipinski definition) is 1. The first-order valence-electron chi connectivity index (χ1n) is 4.00. The van der Waals surface area contributed by atoms with Crippen molar-refractivity contribution < 1.29 is 18.7 Å². The number of aromatic nitrogens is 1. The van der Waals surface area contributed by atoms with E-state index in [9.17, 15) is 13.6 Å². The minimum Gasteiger partial charge on any atom is -0.477 e. The van der Waals surface area contributed by atoms with Crippen LogP contribution >= 0.6 is 0 Å². The van der Waals surface area contributed by atoms with E-state index in [2.05, 4.69) is 4.98 Å². The van der Waals surface area contributed by atoms with Crippen LogP contribution in [0, 0.1) is 0 Å². The first kappa shape index (κ1) is 10.6. The fourth-order valence-electron chi connectivity index (χ4n) is 0.953. The number of carboxylic acid groups (broad SMARTS) is 1. The summed E-state index contributed by atoms with van der Waals surface area (Å²) in [4.78, 5) is 14.1. The monoisotopic (exact) mass is 201 g/mol. The molecule has 0 aliphatic rings. The lowest BCUT2D eigenvalue weighted by Crippen LogP contribution is -2.09. The highest BCUT2D eigenvalue weighted by atomic mass is 19.3. The first-order chi connectivity index (χ1) is 6.52. The van der Waals surface area contributed by atoms with E-state index in [-0.39, 0.29) is 11.4 Å². The molecule has 1 aromatic rings. The molecule has 5 heteroatoms. The molecule has 0 saturated carbocycles. The Bertz CT molecular complexity index is 341. The third-order valence-corrected chi connectivity index (χ3v) is 1.83. The molecule has 1 rings (SSSR count). The molecular formula is C9H9F2NO2. The maximum absolute atomic E-state index is 12.3. The van der Waals surface area contributed by atoms with Gasteiger partial charge < -0.3 is 5.11 Å². The summed E-state index contributed by atoms with van der Waals surface area (Å²) < 4.78 is 24.5. The Hall–Kier alpha value is -1.52. The average molecular weight is 201 g/mol. The van der Waals surface area contributed by atoms with Crippen molar-refractivity contribution in [3.05, 3.63) is 29.6 Å². The Morgan fingerprint density at radius 1 is 1.50 bits per heavy atom. The van der Waals surface area contributed by atoms with Gasteiger partial charge in [0.25, 0.3) is 0 Å². The molecule has 1 aromatic heterocycles. The summed E-state index contributed by atoms with van der Waals surface area (Å²) in [7, 11) is 0. The molecule has 3 nitrogen and oxygen atoms in total. The lowest BCUT2D eigenvalue weighted by Gasteiger charge is -2.09. The predicted octanol–water partition coefficient (Wildman–Crippen LogP) is 2.15. The van der Waals surface area contributed by atoms with Crippen LogP contribution in [0.2, 0.25) is 0 Å². The van der Waals surface area contributed by atoms with E-state index in [1.807, 2.05) is 0 Å². The fourth-order valence-corrected chi connectivity index (χ4v) is 0.953. The van der Waals surface area contributed by atoms with E-state index >= 15 is 0 Å². The van der Waals surface area contributed by atoms with E-state index in [0.29, 0.717) is 0 Å². The van der Waals surface area contributed by atoms with Gasteiger partial charge in [-0.05, 0) is 12.1 Å². The van der Waals surface area contributed by atoms with Crippen LogP contribution in [0.1, 0.15) is 29.0 Å². The number of pyridine rings is 1. The second-order valence-electron chi connectivity index (χ2n) is 2.88. The minimum atomic E-state index is -2.54. The van der Waals surface area contributed by atoms with Crippen molar-refractivity contribution in [3.8, 4) is 0 Å². The second kappa shape index (κ2) is 4.13. The van der Waals surface area contributed by atoms with Crippen LogP contribution in [0.3, 0.4) is 0 Å². The van der Waals surface area contributed by atoms with Gasteiger partial charge in [0.15, 0.2) is 0 Å². The van der Waals surface area contributed by atoms with Gasteiger partial charge in [-0.1, -0.05) is 13.0 Å². The van der Waals surface area contributed by atoms with Crippen molar-refractivity contribution in [1.82, 2.24) is 4.98 Å². The molecule has 1 unspecified atom stereocenters. The Morgan fingerprint density at radius 2 is 2.14 bits per heavy atom. The lowest BCUT2D eigenvalue weighted by molar-refractivity contribution is 0.0688. The standard InChI is InChI=1S/C9H9F2NO2/c1-5(8(10)11)6-3-2-4-7(12-6)9(13)14/h2-5,8H,1H3,(H,13,14). The van der Waals surface area contributed by atoms with Crippen LogP contribution in [0.5, 0.6) is 0 Å². The number of aromatic carboxylic acids is 1. The molecule has 0 amide bonds. The molecule has 1 N–H and O–H groups in total. The number of rotatable bonds is 3. The minimum absolute atomic E-state index is 0.0971.